The number of rotatable bonds is 1. The van der Waals surface area contributed by atoms with Crippen molar-refractivity contribution in [2.24, 2.45) is 0 Å². The molecule has 6 heteroatoms. The van der Waals surface area contributed by atoms with Crippen molar-refractivity contribution in [3.05, 3.63) is 69.4 Å². The monoisotopic (exact) mass is 261 g/mol. The summed E-state index contributed by atoms with van der Waals surface area (Å²) in [6.07, 6.45) is 1.54. The predicted octanol–water partition coefficient (Wildman–Crippen LogP) is -2.29. The smallest absolute Gasteiger partial charge is 0.551 e. The average molecular weight is 261 g/mol. The molecule has 3 aromatic rings. The minimum Gasteiger partial charge on any atom is -0.551 e. The molecule has 1 aromatic carbocycles. The van der Waals surface area contributed by atoms with Gasteiger partial charge in [-0.05, 0) is 18.2 Å². The topological polar surface area (TPSA) is 66.1 Å². The molecule has 2 heterocycles. The van der Waals surface area contributed by atoms with Crippen LogP contribution in [0, 0.1) is 0 Å². The Morgan fingerprint density at radius 3 is 2.32 bits per heavy atom. The molecule has 0 saturated heterocycles. The molecule has 0 spiro atoms. The van der Waals surface area contributed by atoms with E-state index >= 15 is 0 Å². The van der Waals surface area contributed by atoms with Gasteiger partial charge in [-0.25, -0.2) is 4.98 Å². The molecule has 0 fully saturated rings. The van der Waals surface area contributed by atoms with E-state index in [0.717, 1.165) is 4.68 Å². The predicted molar refractivity (Wildman–Crippen MR) is 66.9 cm³/mol. The quantitative estimate of drug-likeness (QED) is 0.462. The van der Waals surface area contributed by atoms with Crippen molar-refractivity contribution in [2.45, 2.75) is 0 Å². The van der Waals surface area contributed by atoms with Gasteiger partial charge in [0.1, 0.15) is 5.82 Å². The number of aromatic nitrogens is 3. The Morgan fingerprint density at radius 1 is 0.947 bits per heavy atom. The maximum absolute atomic E-state index is 12.2. The molecule has 5 nitrogen and oxygen atoms in total. The van der Waals surface area contributed by atoms with Crippen molar-refractivity contribution in [2.75, 3.05) is 0 Å². The van der Waals surface area contributed by atoms with Gasteiger partial charge in [0.05, 0.1) is 5.56 Å². The van der Waals surface area contributed by atoms with Crippen LogP contribution in [0.4, 0.5) is 0 Å². The maximum atomic E-state index is 12.2. The van der Waals surface area contributed by atoms with E-state index in [1.807, 2.05) is 0 Å². The molecule has 3 rings (SSSR count). The van der Waals surface area contributed by atoms with Crippen LogP contribution in [-0.2, 0) is 0 Å². The summed E-state index contributed by atoms with van der Waals surface area (Å²) in [5, 5.41) is 4.44. The standard InChI is InChI=1S/C13H9N3O2.Na/c17-12-9-5-1-2-6-10(9)13(18)16(15-12)11-7-3-4-8-14-11;/h1-8H,(H,15,17);/q;+1/p-1. The summed E-state index contributed by atoms with van der Waals surface area (Å²) < 4.78 is 1.03. The first-order valence-corrected chi connectivity index (χ1v) is 5.38. The van der Waals surface area contributed by atoms with Gasteiger partial charge in [0.2, 0.25) is 5.56 Å². The second kappa shape index (κ2) is 5.52. The molecule has 0 saturated carbocycles. The van der Waals surface area contributed by atoms with Crippen LogP contribution in [0.3, 0.4) is 0 Å². The Balaban J connectivity index is 0.00000133. The summed E-state index contributed by atoms with van der Waals surface area (Å²) in [7, 11) is 0. The summed E-state index contributed by atoms with van der Waals surface area (Å²) in [4.78, 5) is 28.0. The fourth-order valence-electron chi connectivity index (χ4n) is 1.79. The zero-order valence-electron chi connectivity index (χ0n) is 10.3. The van der Waals surface area contributed by atoms with Gasteiger partial charge in [-0.3, -0.25) is 4.79 Å². The van der Waals surface area contributed by atoms with Crippen molar-refractivity contribution >= 4 is 10.8 Å². The van der Waals surface area contributed by atoms with Crippen LogP contribution in [0.1, 0.15) is 0 Å². The number of benzene rings is 1. The van der Waals surface area contributed by atoms with Gasteiger partial charge < -0.3 is 14.6 Å². The largest absolute Gasteiger partial charge is 1.00 e. The second-order valence-corrected chi connectivity index (χ2v) is 3.76. The molecule has 0 N–H and O–H groups in total. The zero-order chi connectivity index (χ0) is 12.5. The van der Waals surface area contributed by atoms with E-state index < -0.39 is 5.56 Å². The molecule has 0 unspecified atom stereocenters. The van der Waals surface area contributed by atoms with E-state index in [4.69, 9.17) is 0 Å². The Labute approximate surface area is 130 Å². The Bertz CT molecular complexity index is 824. The van der Waals surface area contributed by atoms with Crippen LogP contribution < -0.4 is 45.8 Å². The van der Waals surface area contributed by atoms with Crippen molar-refractivity contribution in [1.82, 2.24) is 14.8 Å². The van der Waals surface area contributed by atoms with Gasteiger partial charge in [-0.15, -0.1) is 0 Å². The molecule has 0 radical (unpaired) electrons. The molecule has 0 aliphatic heterocycles. The van der Waals surface area contributed by atoms with Gasteiger partial charge in [0.15, 0.2) is 0 Å². The van der Waals surface area contributed by atoms with E-state index in [1.54, 1.807) is 48.7 Å². The minimum atomic E-state index is -0.434. The third-order valence-electron chi connectivity index (χ3n) is 2.64. The van der Waals surface area contributed by atoms with Gasteiger partial charge in [-0.1, -0.05) is 24.3 Å². The summed E-state index contributed by atoms with van der Waals surface area (Å²) >= 11 is 0. The molecule has 0 amide bonds. The number of hydrogen-bond acceptors (Lipinski definition) is 3. The summed E-state index contributed by atoms with van der Waals surface area (Å²) in [6.45, 7) is 0. The van der Waals surface area contributed by atoms with E-state index in [1.165, 1.54) is 0 Å². The number of hydrogen-bond donors (Lipinski definition) is 0. The van der Waals surface area contributed by atoms with Crippen LogP contribution in [-0.4, -0.2) is 9.67 Å². The van der Waals surface area contributed by atoms with Gasteiger partial charge in [0.25, 0.3) is 0 Å². The van der Waals surface area contributed by atoms with Crippen molar-refractivity contribution in [3.63, 3.8) is 0 Å². The molecule has 19 heavy (non-hydrogen) atoms. The summed E-state index contributed by atoms with van der Waals surface area (Å²) in [6, 6.07) is 11.7. The van der Waals surface area contributed by atoms with Crippen molar-refractivity contribution < 1.29 is 29.6 Å². The number of nitrogens with zero attached hydrogens (tertiary/aromatic N) is 3. The van der Waals surface area contributed by atoms with E-state index in [0.29, 0.717) is 16.6 Å². The van der Waals surface area contributed by atoms with E-state index in [9.17, 15) is 9.59 Å². The van der Waals surface area contributed by atoms with Crippen molar-refractivity contribution in [1.29, 1.82) is 0 Å². The van der Waals surface area contributed by atoms with Gasteiger partial charge >= 0.3 is 29.6 Å². The maximum Gasteiger partial charge on any atom is 1.00 e. The zero-order valence-corrected chi connectivity index (χ0v) is 12.3. The molecular formula is C13H8N3NaO2. The summed E-state index contributed by atoms with van der Waals surface area (Å²) in [5.41, 5.74) is -0.778. The fourth-order valence-corrected chi connectivity index (χ4v) is 1.79. The molecular weight excluding hydrogens is 253 g/mol. The Morgan fingerprint density at radius 2 is 1.63 bits per heavy atom. The van der Waals surface area contributed by atoms with Crippen LogP contribution in [0.5, 0.6) is 0 Å². The van der Waals surface area contributed by atoms with Crippen LogP contribution in [0.15, 0.2) is 58.3 Å². The molecule has 2 aromatic heterocycles. The fraction of sp³-hybridized carbons (Fsp3) is 0. The third-order valence-corrected chi connectivity index (χ3v) is 2.64. The Kier molecular flexibility index (Phi) is 3.99. The third kappa shape index (κ3) is 2.40. The Hall–Kier alpha value is -1.69. The van der Waals surface area contributed by atoms with Crippen molar-refractivity contribution in [3.8, 4) is 5.82 Å². The average Bonchev–Trinajstić information content (AvgIpc) is 2.44. The van der Waals surface area contributed by atoms with Crippen LogP contribution in [0.2, 0.25) is 0 Å². The number of pyridine rings is 1. The van der Waals surface area contributed by atoms with Crippen LogP contribution >= 0.6 is 0 Å². The molecule has 0 bridgehead atoms. The van der Waals surface area contributed by atoms with E-state index in [2.05, 4.69) is 10.1 Å². The minimum absolute atomic E-state index is 0. The molecule has 0 aliphatic carbocycles. The first-order chi connectivity index (χ1) is 8.77. The normalized spacial score (nSPS) is 10.1. The molecule has 88 valence electrons. The van der Waals surface area contributed by atoms with Gasteiger partial charge in [-0.2, -0.15) is 0 Å². The molecule has 0 aliphatic rings. The summed E-state index contributed by atoms with van der Waals surface area (Å²) in [5.74, 6) is 0.338. The van der Waals surface area contributed by atoms with E-state index in [-0.39, 0.29) is 35.1 Å². The second-order valence-electron chi connectivity index (χ2n) is 3.76. The van der Waals surface area contributed by atoms with Crippen LogP contribution in [0.25, 0.3) is 16.6 Å². The van der Waals surface area contributed by atoms with Gasteiger partial charge in [0, 0.05) is 17.0 Å². The first-order valence-electron chi connectivity index (χ1n) is 5.38. The number of fused-ring (bicyclic) bond motifs is 1. The molecule has 0 atom stereocenters. The SMILES string of the molecule is O=c1[n-]n(-c2ccccn2)c(=O)c2ccccc12.[Na+]. The first kappa shape index (κ1) is 13.7.